The van der Waals surface area contributed by atoms with Gasteiger partial charge in [0.1, 0.15) is 0 Å². The molecule has 4 nitrogen and oxygen atoms in total. The molecule has 5 rings (SSSR count). The van der Waals surface area contributed by atoms with Gasteiger partial charge in [0.15, 0.2) is 0 Å². The molecule has 0 bridgehead atoms. The van der Waals surface area contributed by atoms with Crippen molar-refractivity contribution in [1.82, 2.24) is 9.47 Å². The van der Waals surface area contributed by atoms with Crippen molar-refractivity contribution < 1.29 is 4.79 Å². The number of carbonyl (C=O) groups is 1. The second kappa shape index (κ2) is 9.63. The van der Waals surface area contributed by atoms with Gasteiger partial charge in [-0.25, -0.2) is 0 Å². The zero-order valence-electron chi connectivity index (χ0n) is 20.5. The van der Waals surface area contributed by atoms with Gasteiger partial charge >= 0.3 is 0 Å². The summed E-state index contributed by atoms with van der Waals surface area (Å²) in [7, 11) is 0. The Labute approximate surface area is 212 Å². The Hall–Kier alpha value is -3.50. The number of hydrogen-bond donors (Lipinski definition) is 0. The summed E-state index contributed by atoms with van der Waals surface area (Å²) in [6.45, 7) is 9.35. The van der Waals surface area contributed by atoms with Gasteiger partial charge < -0.3 is 14.4 Å². The van der Waals surface area contributed by atoms with E-state index in [0.717, 1.165) is 41.3 Å². The van der Waals surface area contributed by atoms with E-state index < -0.39 is 0 Å². The molecule has 35 heavy (non-hydrogen) atoms. The molecule has 0 saturated carbocycles. The normalized spacial score (nSPS) is 13.8. The van der Waals surface area contributed by atoms with E-state index in [0.29, 0.717) is 18.1 Å². The zero-order chi connectivity index (χ0) is 24.5. The van der Waals surface area contributed by atoms with E-state index in [4.69, 9.17) is 11.6 Å². The highest BCUT2D eigenvalue weighted by Gasteiger charge is 2.27. The van der Waals surface area contributed by atoms with Crippen molar-refractivity contribution >= 4 is 23.2 Å². The number of amides is 1. The monoisotopic (exact) mass is 483 g/mol. The first-order chi connectivity index (χ1) is 16.9. The molecule has 1 fully saturated rings. The standard InChI is InChI=1S/C30H30ClN3O/c1-21-7-6-9-26(19-21)34-23(3)27(20-29(34)24-11-13-25(31)14-12-24)30(35)33-17-15-32(16-18-33)28-10-5-4-8-22(28)2/h4-14,19-20H,15-18H2,1-3H3. The van der Waals surface area contributed by atoms with Crippen LogP contribution in [0.2, 0.25) is 5.02 Å². The summed E-state index contributed by atoms with van der Waals surface area (Å²) in [6, 6.07) is 26.7. The Morgan fingerprint density at radius 2 is 1.51 bits per heavy atom. The van der Waals surface area contributed by atoms with Crippen LogP contribution in [0.4, 0.5) is 5.69 Å². The number of aromatic nitrogens is 1. The van der Waals surface area contributed by atoms with Gasteiger partial charge in [0.2, 0.25) is 0 Å². The quantitative estimate of drug-likeness (QED) is 0.323. The lowest BCUT2D eigenvalue weighted by Crippen LogP contribution is -2.49. The van der Waals surface area contributed by atoms with Gasteiger partial charge in [0, 0.05) is 48.3 Å². The van der Waals surface area contributed by atoms with Crippen molar-refractivity contribution in [1.29, 1.82) is 0 Å². The van der Waals surface area contributed by atoms with Crippen LogP contribution < -0.4 is 4.90 Å². The maximum Gasteiger partial charge on any atom is 0.255 e. The van der Waals surface area contributed by atoms with Crippen LogP contribution >= 0.6 is 11.6 Å². The molecule has 1 aliphatic rings. The Bertz CT molecular complexity index is 1360. The number of hydrogen-bond acceptors (Lipinski definition) is 2. The first-order valence-corrected chi connectivity index (χ1v) is 12.5. The molecule has 178 valence electrons. The lowest BCUT2D eigenvalue weighted by Gasteiger charge is -2.36. The number of anilines is 1. The fourth-order valence-corrected chi connectivity index (χ4v) is 5.12. The van der Waals surface area contributed by atoms with Crippen LogP contribution in [0.15, 0.2) is 78.9 Å². The fourth-order valence-electron chi connectivity index (χ4n) is 5.00. The van der Waals surface area contributed by atoms with Gasteiger partial charge in [-0.1, -0.05) is 54.1 Å². The highest BCUT2D eigenvalue weighted by atomic mass is 35.5. The second-order valence-corrected chi connectivity index (χ2v) is 9.71. The summed E-state index contributed by atoms with van der Waals surface area (Å²) in [5, 5.41) is 0.696. The van der Waals surface area contributed by atoms with E-state index in [1.54, 1.807) is 0 Å². The van der Waals surface area contributed by atoms with Crippen LogP contribution in [0.3, 0.4) is 0 Å². The molecule has 0 atom stereocenters. The number of benzene rings is 3. The third-order valence-electron chi connectivity index (χ3n) is 6.90. The Kier molecular flexibility index (Phi) is 6.40. The van der Waals surface area contributed by atoms with E-state index >= 15 is 0 Å². The van der Waals surface area contributed by atoms with E-state index in [2.05, 4.69) is 71.8 Å². The first kappa shape index (κ1) is 23.3. The van der Waals surface area contributed by atoms with Crippen LogP contribution in [0, 0.1) is 20.8 Å². The van der Waals surface area contributed by atoms with Gasteiger partial charge in [-0.3, -0.25) is 4.79 Å². The Balaban J connectivity index is 1.47. The van der Waals surface area contributed by atoms with Gasteiger partial charge in [-0.2, -0.15) is 0 Å². The predicted octanol–water partition coefficient (Wildman–Crippen LogP) is 6.69. The summed E-state index contributed by atoms with van der Waals surface area (Å²) in [4.78, 5) is 18.1. The number of halogens is 1. The molecule has 4 aromatic rings. The third-order valence-corrected chi connectivity index (χ3v) is 7.15. The fraction of sp³-hybridized carbons (Fsp3) is 0.233. The maximum atomic E-state index is 13.8. The van der Waals surface area contributed by atoms with Crippen LogP contribution in [0.1, 0.15) is 27.2 Å². The molecule has 1 amide bonds. The van der Waals surface area contributed by atoms with Crippen molar-refractivity contribution in [3.63, 3.8) is 0 Å². The number of aryl methyl sites for hydroxylation is 2. The third kappa shape index (κ3) is 4.59. The van der Waals surface area contributed by atoms with E-state index in [-0.39, 0.29) is 5.91 Å². The van der Waals surface area contributed by atoms with Crippen molar-refractivity contribution in [2.24, 2.45) is 0 Å². The number of rotatable bonds is 4. The summed E-state index contributed by atoms with van der Waals surface area (Å²) in [6.07, 6.45) is 0. The lowest BCUT2D eigenvalue weighted by molar-refractivity contribution is 0.0746. The molecule has 1 aromatic heterocycles. The van der Waals surface area contributed by atoms with Crippen molar-refractivity contribution in [3.8, 4) is 16.9 Å². The topological polar surface area (TPSA) is 28.5 Å². The molecule has 1 aliphatic heterocycles. The number of nitrogens with zero attached hydrogens (tertiary/aromatic N) is 3. The van der Waals surface area contributed by atoms with Crippen LogP contribution in [0.5, 0.6) is 0 Å². The molecule has 2 heterocycles. The molecule has 5 heteroatoms. The number of piperazine rings is 1. The largest absolute Gasteiger partial charge is 0.368 e. The molecule has 0 spiro atoms. The van der Waals surface area contributed by atoms with E-state index in [1.807, 2.05) is 42.2 Å². The van der Waals surface area contributed by atoms with Crippen molar-refractivity contribution in [2.75, 3.05) is 31.1 Å². The highest BCUT2D eigenvalue weighted by Crippen LogP contribution is 2.32. The zero-order valence-corrected chi connectivity index (χ0v) is 21.2. The summed E-state index contributed by atoms with van der Waals surface area (Å²) < 4.78 is 2.19. The predicted molar refractivity (Wildman–Crippen MR) is 145 cm³/mol. The number of para-hydroxylation sites is 1. The minimum Gasteiger partial charge on any atom is -0.368 e. The molecule has 1 saturated heterocycles. The smallest absolute Gasteiger partial charge is 0.255 e. The highest BCUT2D eigenvalue weighted by molar-refractivity contribution is 6.30. The number of carbonyl (C=O) groups excluding carboxylic acids is 1. The van der Waals surface area contributed by atoms with Crippen LogP contribution in [-0.4, -0.2) is 41.6 Å². The van der Waals surface area contributed by atoms with Gasteiger partial charge in [0.05, 0.1) is 11.3 Å². The average molecular weight is 484 g/mol. The molecular weight excluding hydrogens is 454 g/mol. The lowest BCUT2D eigenvalue weighted by atomic mass is 10.1. The maximum absolute atomic E-state index is 13.8. The Morgan fingerprint density at radius 1 is 0.800 bits per heavy atom. The molecule has 0 aliphatic carbocycles. The molecular formula is C30H30ClN3O. The minimum atomic E-state index is 0.0913. The summed E-state index contributed by atoms with van der Waals surface area (Å²) >= 11 is 6.16. The molecule has 0 N–H and O–H groups in total. The second-order valence-electron chi connectivity index (χ2n) is 9.28. The van der Waals surface area contributed by atoms with Crippen LogP contribution in [0.25, 0.3) is 16.9 Å². The first-order valence-electron chi connectivity index (χ1n) is 12.1. The van der Waals surface area contributed by atoms with Gasteiger partial charge in [-0.05, 0) is 73.9 Å². The minimum absolute atomic E-state index is 0.0913. The SMILES string of the molecule is Cc1cccc(-n2c(-c3ccc(Cl)cc3)cc(C(=O)N3CCN(c4ccccc4C)CC3)c2C)c1. The molecule has 0 radical (unpaired) electrons. The molecule has 3 aromatic carbocycles. The summed E-state index contributed by atoms with van der Waals surface area (Å²) in [5.41, 5.74) is 8.48. The molecule has 0 unspecified atom stereocenters. The van der Waals surface area contributed by atoms with Gasteiger partial charge in [0.25, 0.3) is 5.91 Å². The van der Waals surface area contributed by atoms with Gasteiger partial charge in [-0.15, -0.1) is 0 Å². The Morgan fingerprint density at radius 3 is 2.20 bits per heavy atom. The van der Waals surface area contributed by atoms with Crippen molar-refractivity contribution in [2.45, 2.75) is 20.8 Å². The van der Waals surface area contributed by atoms with Crippen molar-refractivity contribution in [3.05, 3.63) is 106 Å². The van der Waals surface area contributed by atoms with E-state index in [9.17, 15) is 4.79 Å². The van der Waals surface area contributed by atoms with E-state index in [1.165, 1.54) is 16.8 Å². The summed E-state index contributed by atoms with van der Waals surface area (Å²) in [5.74, 6) is 0.0913. The van der Waals surface area contributed by atoms with Crippen LogP contribution in [-0.2, 0) is 0 Å². The average Bonchev–Trinajstić information content (AvgIpc) is 3.21.